The summed E-state index contributed by atoms with van der Waals surface area (Å²) in [7, 11) is 0. The Morgan fingerprint density at radius 1 is 1.12 bits per heavy atom. The molecular weight excluding hydrogens is 331 g/mol. The summed E-state index contributed by atoms with van der Waals surface area (Å²) in [4.78, 5) is 14.9. The molecule has 1 amide bonds. The normalized spacial score (nSPS) is 19.5. The first kappa shape index (κ1) is 16.7. The van der Waals surface area contributed by atoms with Crippen molar-refractivity contribution in [3.05, 3.63) is 53.8 Å². The Kier molecular flexibility index (Phi) is 4.73. The van der Waals surface area contributed by atoms with E-state index in [1.807, 2.05) is 4.90 Å². The molecule has 0 spiro atoms. The standard InChI is InChI=1S/C18H17FN2O2.ClH/c19-15-6-2-1-4-13(15)14-5-3-7-16-17(14)18(22)21-9-8-20-10-12(21)11-23-16;/h1-7,12,20H,8-11H2;1H. The highest BCUT2D eigenvalue weighted by Crippen LogP contribution is 2.35. The second-order valence-electron chi connectivity index (χ2n) is 5.83. The van der Waals surface area contributed by atoms with Crippen LogP contribution in [0.2, 0.25) is 0 Å². The number of piperazine rings is 1. The number of ether oxygens (including phenoxy) is 1. The molecule has 2 aromatic carbocycles. The van der Waals surface area contributed by atoms with E-state index in [-0.39, 0.29) is 30.2 Å². The molecule has 1 unspecified atom stereocenters. The molecule has 2 heterocycles. The first-order valence-corrected chi connectivity index (χ1v) is 7.78. The molecule has 0 saturated carbocycles. The van der Waals surface area contributed by atoms with E-state index in [1.165, 1.54) is 6.07 Å². The van der Waals surface area contributed by atoms with Crippen LogP contribution in [0, 0.1) is 5.82 Å². The number of carbonyl (C=O) groups is 1. The topological polar surface area (TPSA) is 41.6 Å². The first-order valence-electron chi connectivity index (χ1n) is 7.78. The van der Waals surface area contributed by atoms with Crippen molar-refractivity contribution in [1.82, 2.24) is 10.2 Å². The lowest BCUT2D eigenvalue weighted by atomic mass is 9.97. The maximum absolute atomic E-state index is 14.2. The van der Waals surface area contributed by atoms with Gasteiger partial charge in [-0.05, 0) is 12.1 Å². The summed E-state index contributed by atoms with van der Waals surface area (Å²) >= 11 is 0. The van der Waals surface area contributed by atoms with Crippen LogP contribution in [-0.4, -0.2) is 43.1 Å². The second-order valence-corrected chi connectivity index (χ2v) is 5.83. The third kappa shape index (κ3) is 2.74. The van der Waals surface area contributed by atoms with E-state index in [2.05, 4.69) is 5.32 Å². The van der Waals surface area contributed by atoms with Gasteiger partial charge in [-0.2, -0.15) is 0 Å². The fourth-order valence-corrected chi connectivity index (χ4v) is 3.28. The quantitative estimate of drug-likeness (QED) is 0.861. The van der Waals surface area contributed by atoms with E-state index >= 15 is 0 Å². The molecule has 1 N–H and O–H groups in total. The zero-order valence-corrected chi connectivity index (χ0v) is 13.8. The number of nitrogens with zero attached hydrogens (tertiary/aromatic N) is 1. The van der Waals surface area contributed by atoms with Crippen molar-refractivity contribution in [2.45, 2.75) is 6.04 Å². The fraction of sp³-hybridized carbons (Fsp3) is 0.278. The van der Waals surface area contributed by atoms with Gasteiger partial charge in [0.2, 0.25) is 0 Å². The van der Waals surface area contributed by atoms with E-state index in [0.717, 1.165) is 13.1 Å². The summed E-state index contributed by atoms with van der Waals surface area (Å²) in [6, 6.07) is 11.9. The average Bonchev–Trinajstić information content (AvgIpc) is 2.73. The van der Waals surface area contributed by atoms with Crippen LogP contribution in [0.3, 0.4) is 0 Å². The third-order valence-electron chi connectivity index (χ3n) is 4.45. The van der Waals surface area contributed by atoms with E-state index < -0.39 is 0 Å². The van der Waals surface area contributed by atoms with Crippen molar-refractivity contribution in [3.8, 4) is 16.9 Å². The number of fused-ring (bicyclic) bond motifs is 2. The summed E-state index contributed by atoms with van der Waals surface area (Å²) in [5, 5.41) is 3.28. The van der Waals surface area contributed by atoms with Crippen LogP contribution in [0.1, 0.15) is 10.4 Å². The van der Waals surface area contributed by atoms with Gasteiger partial charge in [0.25, 0.3) is 5.91 Å². The lowest BCUT2D eigenvalue weighted by Gasteiger charge is -2.34. The predicted octanol–water partition coefficient (Wildman–Crippen LogP) is 2.72. The maximum Gasteiger partial charge on any atom is 0.258 e. The molecule has 0 aliphatic carbocycles. The number of benzene rings is 2. The molecule has 1 fully saturated rings. The third-order valence-corrected chi connectivity index (χ3v) is 4.45. The Morgan fingerprint density at radius 2 is 1.92 bits per heavy atom. The number of nitrogens with one attached hydrogen (secondary N) is 1. The van der Waals surface area contributed by atoms with Crippen molar-refractivity contribution >= 4 is 18.3 Å². The van der Waals surface area contributed by atoms with Crippen LogP contribution in [0.25, 0.3) is 11.1 Å². The molecule has 0 bridgehead atoms. The number of carbonyl (C=O) groups excluding carboxylic acids is 1. The molecule has 2 aliphatic heterocycles. The Hall–Kier alpha value is -2.11. The summed E-state index contributed by atoms with van der Waals surface area (Å²) < 4.78 is 20.1. The van der Waals surface area contributed by atoms with Crippen molar-refractivity contribution < 1.29 is 13.9 Å². The molecule has 4 nitrogen and oxygen atoms in total. The minimum absolute atomic E-state index is 0. The van der Waals surface area contributed by atoms with Crippen molar-refractivity contribution in [2.24, 2.45) is 0 Å². The highest BCUT2D eigenvalue weighted by molar-refractivity contribution is 6.04. The van der Waals surface area contributed by atoms with E-state index in [0.29, 0.717) is 35.6 Å². The average molecular weight is 349 g/mol. The van der Waals surface area contributed by atoms with Crippen LogP contribution in [0.4, 0.5) is 4.39 Å². The number of hydrogen-bond donors (Lipinski definition) is 1. The SMILES string of the molecule is Cl.O=C1c2c(cccc2-c2ccccc2F)OCC2CNCCN12. The molecule has 1 atom stereocenters. The molecule has 2 aliphatic rings. The molecule has 1 saturated heterocycles. The lowest BCUT2D eigenvalue weighted by Crippen LogP contribution is -2.54. The number of hydrogen-bond acceptors (Lipinski definition) is 3. The van der Waals surface area contributed by atoms with Gasteiger partial charge in [-0.1, -0.05) is 30.3 Å². The van der Waals surface area contributed by atoms with Gasteiger partial charge in [-0.15, -0.1) is 12.4 Å². The minimum Gasteiger partial charge on any atom is -0.491 e. The molecular formula is C18H18ClFN2O2. The van der Waals surface area contributed by atoms with Crippen LogP contribution in [0.15, 0.2) is 42.5 Å². The Bertz CT molecular complexity index is 768. The highest BCUT2D eigenvalue weighted by Gasteiger charge is 2.34. The van der Waals surface area contributed by atoms with Gasteiger partial charge in [0.05, 0.1) is 11.6 Å². The van der Waals surface area contributed by atoms with Crippen molar-refractivity contribution in [1.29, 1.82) is 0 Å². The van der Waals surface area contributed by atoms with Crippen molar-refractivity contribution in [3.63, 3.8) is 0 Å². The number of rotatable bonds is 1. The summed E-state index contributed by atoms with van der Waals surface area (Å²) in [5.41, 5.74) is 1.47. The zero-order valence-electron chi connectivity index (χ0n) is 13.0. The smallest absolute Gasteiger partial charge is 0.258 e. The van der Waals surface area contributed by atoms with Gasteiger partial charge in [0.1, 0.15) is 18.2 Å². The van der Waals surface area contributed by atoms with E-state index in [4.69, 9.17) is 4.74 Å². The fourth-order valence-electron chi connectivity index (χ4n) is 3.28. The molecule has 6 heteroatoms. The number of amides is 1. The summed E-state index contributed by atoms with van der Waals surface area (Å²) in [6.45, 7) is 2.57. The zero-order chi connectivity index (χ0) is 15.8. The largest absolute Gasteiger partial charge is 0.491 e. The second kappa shape index (κ2) is 6.79. The molecule has 0 radical (unpaired) electrons. The molecule has 0 aromatic heterocycles. The first-order chi connectivity index (χ1) is 11.3. The van der Waals surface area contributed by atoms with Crippen LogP contribution in [-0.2, 0) is 0 Å². The molecule has 4 rings (SSSR count). The maximum atomic E-state index is 14.2. The van der Waals surface area contributed by atoms with Gasteiger partial charge >= 0.3 is 0 Å². The van der Waals surface area contributed by atoms with Crippen LogP contribution >= 0.6 is 12.4 Å². The van der Waals surface area contributed by atoms with E-state index in [9.17, 15) is 9.18 Å². The van der Waals surface area contributed by atoms with Gasteiger partial charge in [-0.25, -0.2) is 4.39 Å². The minimum atomic E-state index is -0.338. The van der Waals surface area contributed by atoms with Crippen LogP contribution in [0.5, 0.6) is 5.75 Å². The highest BCUT2D eigenvalue weighted by atomic mass is 35.5. The molecule has 24 heavy (non-hydrogen) atoms. The predicted molar refractivity (Wildman–Crippen MR) is 92.3 cm³/mol. The Balaban J connectivity index is 0.00000169. The van der Waals surface area contributed by atoms with Crippen molar-refractivity contribution in [2.75, 3.05) is 26.2 Å². The number of halogens is 2. The van der Waals surface area contributed by atoms with Crippen LogP contribution < -0.4 is 10.1 Å². The Labute approximate surface area is 146 Å². The summed E-state index contributed by atoms with van der Waals surface area (Å²) in [5.74, 6) is 0.114. The van der Waals surface area contributed by atoms with Gasteiger partial charge < -0.3 is 15.0 Å². The van der Waals surface area contributed by atoms with Gasteiger partial charge in [-0.3, -0.25) is 4.79 Å². The Morgan fingerprint density at radius 3 is 2.75 bits per heavy atom. The van der Waals surface area contributed by atoms with Gasteiger partial charge in [0, 0.05) is 30.8 Å². The lowest BCUT2D eigenvalue weighted by molar-refractivity contribution is 0.0607. The molecule has 2 aromatic rings. The molecule has 126 valence electrons. The summed E-state index contributed by atoms with van der Waals surface area (Å²) in [6.07, 6.45) is 0. The monoisotopic (exact) mass is 348 g/mol. The van der Waals surface area contributed by atoms with Gasteiger partial charge in [0.15, 0.2) is 0 Å². The van der Waals surface area contributed by atoms with E-state index in [1.54, 1.807) is 36.4 Å².